The summed E-state index contributed by atoms with van der Waals surface area (Å²) in [6.07, 6.45) is 7.80. The first-order chi connectivity index (χ1) is 16.1. The second-order valence-electron chi connectivity index (χ2n) is 8.27. The summed E-state index contributed by atoms with van der Waals surface area (Å²) in [6.45, 7) is 6.91. The maximum atomic E-state index is 12.3. The predicted octanol–water partition coefficient (Wildman–Crippen LogP) is 4.56. The van der Waals surface area contributed by atoms with Crippen LogP contribution in [0.5, 0.6) is 5.75 Å². The van der Waals surface area contributed by atoms with Crippen LogP contribution >= 0.6 is 0 Å². The quantitative estimate of drug-likeness (QED) is 0.376. The van der Waals surface area contributed by atoms with Crippen molar-refractivity contribution in [2.45, 2.75) is 51.6 Å². The van der Waals surface area contributed by atoms with Crippen molar-refractivity contribution in [1.29, 1.82) is 0 Å². The molecular formula is C27H36N4O2. The molecule has 0 fully saturated rings. The fraction of sp³-hybridized carbons (Fsp3) is 0.407. The van der Waals surface area contributed by atoms with Crippen molar-refractivity contribution in [2.24, 2.45) is 0 Å². The summed E-state index contributed by atoms with van der Waals surface area (Å²) in [7, 11) is 1.61. The van der Waals surface area contributed by atoms with E-state index in [2.05, 4.69) is 70.6 Å². The van der Waals surface area contributed by atoms with Gasteiger partial charge >= 0.3 is 0 Å². The molecular weight excluding hydrogens is 412 g/mol. The largest absolute Gasteiger partial charge is 0.497 e. The van der Waals surface area contributed by atoms with Crippen LogP contribution in [0.4, 0.5) is 0 Å². The average molecular weight is 449 g/mol. The Kier molecular flexibility index (Phi) is 9.07. The lowest BCUT2D eigenvalue weighted by atomic mass is 9.84. The molecule has 0 saturated carbocycles. The van der Waals surface area contributed by atoms with Crippen LogP contribution in [0.1, 0.15) is 54.7 Å². The van der Waals surface area contributed by atoms with Crippen LogP contribution in [0, 0.1) is 0 Å². The highest BCUT2D eigenvalue weighted by molar-refractivity contribution is 5.94. The number of carbonyl (C=O) groups is 1. The summed E-state index contributed by atoms with van der Waals surface area (Å²) in [6, 6.07) is 17.8. The highest BCUT2D eigenvalue weighted by Gasteiger charge is 2.26. The molecule has 1 amide bonds. The van der Waals surface area contributed by atoms with Gasteiger partial charge in [-0.15, -0.1) is 0 Å². The van der Waals surface area contributed by atoms with Crippen molar-refractivity contribution >= 4 is 5.91 Å². The van der Waals surface area contributed by atoms with Crippen LogP contribution in [-0.4, -0.2) is 35.7 Å². The van der Waals surface area contributed by atoms with Gasteiger partial charge in [0.2, 0.25) is 0 Å². The number of rotatable bonds is 13. The van der Waals surface area contributed by atoms with Crippen molar-refractivity contribution in [2.75, 3.05) is 20.2 Å². The number of nitrogens with zero attached hydrogens (tertiary/aromatic N) is 2. The molecule has 0 radical (unpaired) electrons. The van der Waals surface area contributed by atoms with Crippen molar-refractivity contribution < 1.29 is 9.53 Å². The van der Waals surface area contributed by atoms with Gasteiger partial charge in [-0.05, 0) is 55.6 Å². The lowest BCUT2D eigenvalue weighted by Gasteiger charge is -2.34. The molecule has 2 N–H and O–H groups in total. The lowest BCUT2D eigenvalue weighted by molar-refractivity contribution is 0.0954. The van der Waals surface area contributed by atoms with Crippen molar-refractivity contribution in [3.8, 4) is 5.75 Å². The zero-order valence-corrected chi connectivity index (χ0v) is 20.0. The minimum Gasteiger partial charge on any atom is -0.497 e. The van der Waals surface area contributed by atoms with Gasteiger partial charge in [0.15, 0.2) is 0 Å². The smallest absolute Gasteiger partial charge is 0.251 e. The van der Waals surface area contributed by atoms with Crippen LogP contribution in [0.2, 0.25) is 0 Å². The fourth-order valence-electron chi connectivity index (χ4n) is 4.16. The van der Waals surface area contributed by atoms with E-state index in [1.807, 2.05) is 6.33 Å². The number of methoxy groups -OCH3 is 1. The topological polar surface area (TPSA) is 68.2 Å². The predicted molar refractivity (Wildman–Crippen MR) is 133 cm³/mol. The molecule has 0 spiro atoms. The number of hydrogen-bond acceptors (Lipinski definition) is 4. The summed E-state index contributed by atoms with van der Waals surface area (Å²) in [4.78, 5) is 16.8. The molecule has 0 aliphatic carbocycles. The molecule has 6 nitrogen and oxygen atoms in total. The summed E-state index contributed by atoms with van der Waals surface area (Å²) < 4.78 is 7.26. The third-order valence-electron chi connectivity index (χ3n) is 6.30. The van der Waals surface area contributed by atoms with Crippen LogP contribution in [0.25, 0.3) is 0 Å². The van der Waals surface area contributed by atoms with Crippen molar-refractivity contribution in [1.82, 2.24) is 20.2 Å². The van der Waals surface area contributed by atoms with Gasteiger partial charge in [0.25, 0.3) is 5.91 Å². The number of benzene rings is 2. The maximum Gasteiger partial charge on any atom is 0.251 e. The summed E-state index contributed by atoms with van der Waals surface area (Å²) >= 11 is 0. The molecule has 0 atom stereocenters. The van der Waals surface area contributed by atoms with Gasteiger partial charge in [-0.25, -0.2) is 4.98 Å². The average Bonchev–Trinajstić information content (AvgIpc) is 3.32. The minimum atomic E-state index is -0.0862. The number of aryl methyl sites for hydroxylation is 1. The van der Waals surface area contributed by atoms with Gasteiger partial charge in [0.1, 0.15) is 5.75 Å². The number of aromatic nitrogens is 2. The second-order valence-corrected chi connectivity index (χ2v) is 8.27. The SMILES string of the molecule is CCC(CC)(NCCCn1cnc(CCNC(=O)c2ccc(OC)cc2)c1)c1ccccc1. The van der Waals surface area contributed by atoms with Crippen LogP contribution in [0.3, 0.4) is 0 Å². The highest BCUT2D eigenvalue weighted by Crippen LogP contribution is 2.28. The van der Waals surface area contributed by atoms with Gasteiger partial charge in [-0.1, -0.05) is 44.2 Å². The van der Waals surface area contributed by atoms with Crippen molar-refractivity contribution in [3.05, 3.63) is 83.9 Å². The molecule has 6 heteroatoms. The third-order valence-corrected chi connectivity index (χ3v) is 6.30. The summed E-state index contributed by atoms with van der Waals surface area (Å²) in [5.74, 6) is 0.652. The van der Waals surface area contributed by atoms with Gasteiger partial charge in [-0.3, -0.25) is 4.79 Å². The molecule has 3 aromatic rings. The van der Waals surface area contributed by atoms with E-state index < -0.39 is 0 Å². The Balaban J connectivity index is 1.41. The first-order valence-corrected chi connectivity index (χ1v) is 11.8. The number of amides is 1. The molecule has 176 valence electrons. The third kappa shape index (κ3) is 6.68. The highest BCUT2D eigenvalue weighted by atomic mass is 16.5. The zero-order valence-electron chi connectivity index (χ0n) is 20.0. The van der Waals surface area contributed by atoms with Gasteiger partial charge in [0.05, 0.1) is 19.1 Å². The molecule has 1 heterocycles. The lowest BCUT2D eigenvalue weighted by Crippen LogP contribution is -2.42. The van der Waals surface area contributed by atoms with E-state index in [4.69, 9.17) is 4.74 Å². The van der Waals surface area contributed by atoms with E-state index in [-0.39, 0.29) is 11.4 Å². The molecule has 33 heavy (non-hydrogen) atoms. The normalized spacial score (nSPS) is 11.4. The maximum absolute atomic E-state index is 12.3. The van der Waals surface area contributed by atoms with Crippen molar-refractivity contribution in [3.63, 3.8) is 0 Å². The zero-order chi connectivity index (χ0) is 23.5. The Morgan fingerprint density at radius 2 is 1.76 bits per heavy atom. The first kappa shape index (κ1) is 24.5. The van der Waals surface area contributed by atoms with Crippen LogP contribution < -0.4 is 15.4 Å². The first-order valence-electron chi connectivity index (χ1n) is 11.8. The summed E-state index contributed by atoms with van der Waals surface area (Å²) in [5, 5.41) is 6.76. The number of ether oxygens (including phenoxy) is 1. The fourth-order valence-corrected chi connectivity index (χ4v) is 4.16. The minimum absolute atomic E-state index is 0.0312. The molecule has 2 aromatic carbocycles. The van der Waals surface area contributed by atoms with Gasteiger partial charge in [0, 0.05) is 36.8 Å². The van der Waals surface area contributed by atoms with Gasteiger partial charge in [-0.2, -0.15) is 0 Å². The van der Waals surface area contributed by atoms with E-state index >= 15 is 0 Å². The Morgan fingerprint density at radius 3 is 2.42 bits per heavy atom. The molecule has 0 bridgehead atoms. The van der Waals surface area contributed by atoms with E-state index in [1.54, 1.807) is 31.4 Å². The molecule has 0 aliphatic rings. The Morgan fingerprint density at radius 1 is 1.03 bits per heavy atom. The Labute approximate surface area is 197 Å². The Hall–Kier alpha value is -3.12. The standard InChI is InChI=1S/C27H36N4O2/c1-4-27(5-2,23-10-7-6-8-11-23)30-17-9-19-31-20-24(29-21-31)16-18-28-26(32)22-12-14-25(33-3)15-13-22/h6-8,10-15,20-21,30H,4-5,9,16-19H2,1-3H3,(H,28,32). The van der Waals surface area contributed by atoms with Crippen LogP contribution in [-0.2, 0) is 18.5 Å². The molecule has 1 aromatic heterocycles. The van der Waals surface area contributed by atoms with Gasteiger partial charge < -0.3 is 19.9 Å². The van der Waals surface area contributed by atoms with E-state index in [9.17, 15) is 4.79 Å². The number of carbonyl (C=O) groups excluding carboxylic acids is 1. The van der Waals surface area contributed by atoms with E-state index in [1.165, 1.54) is 5.56 Å². The monoisotopic (exact) mass is 448 g/mol. The van der Waals surface area contributed by atoms with Crippen LogP contribution in [0.15, 0.2) is 67.1 Å². The number of hydrogen-bond donors (Lipinski definition) is 2. The number of imidazole rings is 1. The molecule has 0 unspecified atom stereocenters. The van der Waals surface area contributed by atoms with E-state index in [0.29, 0.717) is 18.5 Å². The second kappa shape index (κ2) is 12.2. The molecule has 0 saturated heterocycles. The van der Waals surface area contributed by atoms with E-state index in [0.717, 1.165) is 43.8 Å². The summed E-state index contributed by atoms with van der Waals surface area (Å²) in [5.41, 5.74) is 3.00. The number of nitrogens with one attached hydrogen (secondary N) is 2. The molecule has 3 rings (SSSR count). The Bertz CT molecular complexity index is 979. The molecule has 0 aliphatic heterocycles.